The minimum atomic E-state index is -0.468. The first-order valence-corrected chi connectivity index (χ1v) is 7.11. The van der Waals surface area contributed by atoms with Crippen molar-refractivity contribution in [3.63, 3.8) is 0 Å². The van der Waals surface area contributed by atoms with Gasteiger partial charge in [0.05, 0.1) is 5.54 Å². The lowest BCUT2D eigenvalue weighted by molar-refractivity contribution is -0.124. The molecule has 0 saturated heterocycles. The Bertz CT molecular complexity index is 377. The first kappa shape index (κ1) is 12.6. The van der Waals surface area contributed by atoms with Gasteiger partial charge in [-0.1, -0.05) is 19.4 Å². The summed E-state index contributed by atoms with van der Waals surface area (Å²) in [5, 5.41) is 5.45. The van der Waals surface area contributed by atoms with Crippen LogP contribution in [0.25, 0.3) is 0 Å². The highest BCUT2D eigenvalue weighted by molar-refractivity contribution is 7.09. The summed E-state index contributed by atoms with van der Waals surface area (Å²) >= 11 is 1.71. The van der Waals surface area contributed by atoms with Gasteiger partial charge >= 0.3 is 0 Å². The standard InChI is InChI=1S/C13H20N2OS/c1-2-10-5-6-13(8-10,12(14)16)15-9-11-4-3-7-17-11/h3-4,7,10,15H,2,5-6,8-9H2,1H3,(H2,14,16). The Morgan fingerprint density at radius 2 is 2.53 bits per heavy atom. The van der Waals surface area contributed by atoms with Crippen molar-refractivity contribution in [2.75, 3.05) is 0 Å². The van der Waals surface area contributed by atoms with Crippen molar-refractivity contribution in [2.24, 2.45) is 11.7 Å². The fourth-order valence-corrected chi connectivity index (χ4v) is 3.28. The molecule has 2 unspecified atom stereocenters. The van der Waals surface area contributed by atoms with Gasteiger partial charge < -0.3 is 5.73 Å². The number of hydrogen-bond acceptors (Lipinski definition) is 3. The predicted octanol–water partition coefficient (Wildman–Crippen LogP) is 2.27. The average Bonchev–Trinajstić information content (AvgIpc) is 2.96. The molecule has 0 aromatic carbocycles. The number of primary amides is 1. The van der Waals surface area contributed by atoms with Crippen LogP contribution >= 0.6 is 11.3 Å². The second-order valence-electron chi connectivity index (χ2n) is 4.90. The Kier molecular flexibility index (Phi) is 3.84. The van der Waals surface area contributed by atoms with Crippen LogP contribution in [0, 0.1) is 5.92 Å². The van der Waals surface area contributed by atoms with Crippen molar-refractivity contribution in [1.82, 2.24) is 5.32 Å². The Hall–Kier alpha value is -0.870. The molecule has 1 aromatic heterocycles. The third kappa shape index (κ3) is 2.69. The number of nitrogens with one attached hydrogen (secondary N) is 1. The summed E-state index contributed by atoms with van der Waals surface area (Å²) in [6, 6.07) is 4.11. The molecule has 1 aliphatic rings. The molecule has 17 heavy (non-hydrogen) atoms. The summed E-state index contributed by atoms with van der Waals surface area (Å²) in [4.78, 5) is 13.0. The van der Waals surface area contributed by atoms with E-state index in [1.165, 1.54) is 4.88 Å². The van der Waals surface area contributed by atoms with E-state index in [0.717, 1.165) is 32.2 Å². The van der Waals surface area contributed by atoms with Crippen LogP contribution in [0.3, 0.4) is 0 Å². The maximum atomic E-state index is 11.7. The Labute approximate surface area is 106 Å². The van der Waals surface area contributed by atoms with Crippen LogP contribution < -0.4 is 11.1 Å². The summed E-state index contributed by atoms with van der Waals surface area (Å²) in [6.45, 7) is 2.93. The summed E-state index contributed by atoms with van der Waals surface area (Å²) in [6.07, 6.45) is 4.02. The van der Waals surface area contributed by atoms with Crippen LogP contribution in [0.2, 0.25) is 0 Å². The average molecular weight is 252 g/mol. The van der Waals surface area contributed by atoms with Crippen LogP contribution in [0.15, 0.2) is 17.5 Å². The quantitative estimate of drug-likeness (QED) is 0.844. The highest BCUT2D eigenvalue weighted by atomic mass is 32.1. The lowest BCUT2D eigenvalue weighted by Gasteiger charge is -2.27. The zero-order chi connectivity index (χ0) is 12.3. The topological polar surface area (TPSA) is 55.1 Å². The van der Waals surface area contributed by atoms with E-state index in [2.05, 4.69) is 23.7 Å². The molecule has 0 spiro atoms. The van der Waals surface area contributed by atoms with Crippen LogP contribution in [-0.2, 0) is 11.3 Å². The third-order valence-corrected chi connectivity index (χ3v) is 4.72. The van der Waals surface area contributed by atoms with Gasteiger partial charge in [-0.05, 0) is 36.6 Å². The SMILES string of the molecule is CCC1CCC(NCc2cccs2)(C(N)=O)C1. The van der Waals surface area contributed by atoms with Gasteiger partial charge in [0.15, 0.2) is 0 Å². The van der Waals surface area contributed by atoms with E-state index in [1.807, 2.05) is 6.07 Å². The molecule has 0 bridgehead atoms. The van der Waals surface area contributed by atoms with Gasteiger partial charge in [0.2, 0.25) is 5.91 Å². The molecule has 1 aromatic rings. The first-order valence-electron chi connectivity index (χ1n) is 6.23. The second-order valence-corrected chi connectivity index (χ2v) is 5.93. The van der Waals surface area contributed by atoms with Crippen LogP contribution in [0.4, 0.5) is 0 Å². The predicted molar refractivity (Wildman–Crippen MR) is 70.7 cm³/mol. The molecule has 2 atom stereocenters. The molecular formula is C13H20N2OS. The van der Waals surface area contributed by atoms with Crippen LogP contribution in [0.5, 0.6) is 0 Å². The summed E-state index contributed by atoms with van der Waals surface area (Å²) in [5.74, 6) is 0.448. The minimum absolute atomic E-state index is 0.190. The van der Waals surface area contributed by atoms with Gasteiger partial charge in [0.1, 0.15) is 0 Å². The van der Waals surface area contributed by atoms with Crippen molar-refractivity contribution in [2.45, 2.75) is 44.7 Å². The maximum absolute atomic E-state index is 11.7. The largest absolute Gasteiger partial charge is 0.368 e. The summed E-state index contributed by atoms with van der Waals surface area (Å²) in [7, 11) is 0. The molecule has 4 heteroatoms. The van der Waals surface area contributed by atoms with E-state index >= 15 is 0 Å². The van der Waals surface area contributed by atoms with E-state index < -0.39 is 5.54 Å². The van der Waals surface area contributed by atoms with Gasteiger partial charge in [-0.15, -0.1) is 11.3 Å². The smallest absolute Gasteiger partial charge is 0.237 e. The number of nitrogens with two attached hydrogens (primary N) is 1. The van der Waals surface area contributed by atoms with E-state index in [0.29, 0.717) is 5.92 Å². The van der Waals surface area contributed by atoms with E-state index in [1.54, 1.807) is 11.3 Å². The molecule has 3 N–H and O–H groups in total. The van der Waals surface area contributed by atoms with Crippen molar-refractivity contribution >= 4 is 17.2 Å². The van der Waals surface area contributed by atoms with Crippen LogP contribution in [0.1, 0.15) is 37.5 Å². The van der Waals surface area contributed by atoms with Gasteiger partial charge in [-0.2, -0.15) is 0 Å². The molecule has 1 heterocycles. The molecule has 1 fully saturated rings. The van der Waals surface area contributed by atoms with Gasteiger partial charge in [0.25, 0.3) is 0 Å². The molecule has 0 radical (unpaired) electrons. The molecule has 1 aliphatic carbocycles. The Morgan fingerprint density at radius 3 is 3.06 bits per heavy atom. The van der Waals surface area contributed by atoms with Crippen molar-refractivity contribution in [3.8, 4) is 0 Å². The van der Waals surface area contributed by atoms with Crippen molar-refractivity contribution in [1.29, 1.82) is 0 Å². The van der Waals surface area contributed by atoms with E-state index in [4.69, 9.17) is 5.73 Å². The zero-order valence-electron chi connectivity index (χ0n) is 10.2. The minimum Gasteiger partial charge on any atom is -0.368 e. The van der Waals surface area contributed by atoms with Crippen LogP contribution in [-0.4, -0.2) is 11.4 Å². The monoisotopic (exact) mass is 252 g/mol. The molecule has 1 amide bonds. The third-order valence-electron chi connectivity index (χ3n) is 3.85. The molecule has 94 valence electrons. The Morgan fingerprint density at radius 1 is 1.71 bits per heavy atom. The lowest BCUT2D eigenvalue weighted by atomic mass is 9.94. The van der Waals surface area contributed by atoms with Gasteiger partial charge in [-0.3, -0.25) is 10.1 Å². The molecular weight excluding hydrogens is 232 g/mol. The van der Waals surface area contributed by atoms with Crippen molar-refractivity contribution in [3.05, 3.63) is 22.4 Å². The fraction of sp³-hybridized carbons (Fsp3) is 0.615. The molecule has 0 aliphatic heterocycles. The van der Waals surface area contributed by atoms with E-state index in [-0.39, 0.29) is 5.91 Å². The molecule has 2 rings (SSSR count). The van der Waals surface area contributed by atoms with E-state index in [9.17, 15) is 4.79 Å². The number of rotatable bonds is 5. The Balaban J connectivity index is 2.01. The van der Waals surface area contributed by atoms with Gasteiger partial charge in [0, 0.05) is 11.4 Å². The number of amides is 1. The number of thiophene rings is 1. The fourth-order valence-electron chi connectivity index (χ4n) is 2.64. The lowest BCUT2D eigenvalue weighted by Crippen LogP contribution is -2.53. The maximum Gasteiger partial charge on any atom is 0.237 e. The summed E-state index contributed by atoms with van der Waals surface area (Å²) in [5.41, 5.74) is 5.12. The number of carbonyl (C=O) groups is 1. The van der Waals surface area contributed by atoms with Gasteiger partial charge in [-0.25, -0.2) is 0 Å². The zero-order valence-corrected chi connectivity index (χ0v) is 11.1. The first-order chi connectivity index (χ1) is 8.16. The normalized spacial score (nSPS) is 28.4. The molecule has 3 nitrogen and oxygen atoms in total. The number of hydrogen-bond donors (Lipinski definition) is 2. The number of carbonyl (C=O) groups excluding carboxylic acids is 1. The van der Waals surface area contributed by atoms with Crippen molar-refractivity contribution < 1.29 is 4.79 Å². The highest BCUT2D eigenvalue weighted by Crippen LogP contribution is 2.36. The molecule has 1 saturated carbocycles. The highest BCUT2D eigenvalue weighted by Gasteiger charge is 2.42. The summed E-state index contributed by atoms with van der Waals surface area (Å²) < 4.78 is 0. The second kappa shape index (κ2) is 5.19.